The average molecular weight is 276 g/mol. The number of aliphatic hydroxyl groups is 1. The van der Waals surface area contributed by atoms with Crippen LogP contribution in [0.15, 0.2) is 0 Å². The molecule has 8 nitrogen and oxygen atoms in total. The fraction of sp³-hybridized carbons (Fsp3) is 0.727. The molecule has 0 radical (unpaired) electrons. The van der Waals surface area contributed by atoms with Crippen LogP contribution in [0.3, 0.4) is 0 Å². The Bertz CT molecular complexity index is 331. The quantitative estimate of drug-likeness (QED) is 0.535. The van der Waals surface area contributed by atoms with Gasteiger partial charge in [0, 0.05) is 19.1 Å². The van der Waals surface area contributed by atoms with Crippen molar-refractivity contribution in [2.75, 3.05) is 20.3 Å². The van der Waals surface area contributed by atoms with Gasteiger partial charge in [0.2, 0.25) is 0 Å². The minimum atomic E-state index is -1.25. The van der Waals surface area contributed by atoms with E-state index in [2.05, 4.69) is 10.1 Å². The molecule has 2 amide bonds. The number of amides is 2. The molecule has 19 heavy (non-hydrogen) atoms. The molecule has 0 aliphatic carbocycles. The fourth-order valence-electron chi connectivity index (χ4n) is 1.31. The molecule has 0 heterocycles. The van der Waals surface area contributed by atoms with Gasteiger partial charge in [0.15, 0.2) is 0 Å². The zero-order valence-electron chi connectivity index (χ0n) is 11.3. The molecule has 110 valence electrons. The first-order valence-electron chi connectivity index (χ1n) is 5.81. The van der Waals surface area contributed by atoms with Crippen LogP contribution in [-0.4, -0.2) is 65.4 Å². The van der Waals surface area contributed by atoms with Gasteiger partial charge >= 0.3 is 18.0 Å². The number of esters is 1. The van der Waals surface area contributed by atoms with Crippen molar-refractivity contribution in [1.82, 2.24) is 10.2 Å². The predicted molar refractivity (Wildman–Crippen MR) is 65.5 cm³/mol. The number of nitrogens with zero attached hydrogens (tertiary/aromatic N) is 1. The van der Waals surface area contributed by atoms with E-state index in [0.717, 1.165) is 4.90 Å². The topological polar surface area (TPSA) is 116 Å². The average Bonchev–Trinajstić information content (AvgIpc) is 2.34. The summed E-state index contributed by atoms with van der Waals surface area (Å²) >= 11 is 0. The zero-order chi connectivity index (χ0) is 15.0. The molecule has 0 saturated heterocycles. The van der Waals surface area contributed by atoms with Crippen LogP contribution in [0.4, 0.5) is 4.79 Å². The van der Waals surface area contributed by atoms with Crippen molar-refractivity contribution in [3.8, 4) is 0 Å². The lowest BCUT2D eigenvalue weighted by Crippen LogP contribution is -2.52. The summed E-state index contributed by atoms with van der Waals surface area (Å²) in [6.07, 6.45) is -0.106. The van der Waals surface area contributed by atoms with Crippen LogP contribution < -0.4 is 5.32 Å². The van der Waals surface area contributed by atoms with E-state index in [4.69, 9.17) is 10.2 Å². The maximum atomic E-state index is 11.9. The Morgan fingerprint density at radius 3 is 2.26 bits per heavy atom. The second kappa shape index (κ2) is 8.30. The van der Waals surface area contributed by atoms with Crippen molar-refractivity contribution in [1.29, 1.82) is 0 Å². The number of ether oxygens (including phenoxy) is 1. The zero-order valence-corrected chi connectivity index (χ0v) is 11.3. The summed E-state index contributed by atoms with van der Waals surface area (Å²) in [5.74, 6) is -1.85. The molecule has 0 unspecified atom stereocenters. The first-order chi connectivity index (χ1) is 8.83. The molecule has 0 aromatic heterocycles. The molecule has 3 N–H and O–H groups in total. The van der Waals surface area contributed by atoms with Crippen LogP contribution in [-0.2, 0) is 14.3 Å². The lowest BCUT2D eigenvalue weighted by atomic mass is 10.2. The number of carbonyl (C=O) groups excluding carboxylic acids is 2. The molecule has 0 aliphatic heterocycles. The Morgan fingerprint density at radius 1 is 1.32 bits per heavy atom. The minimum absolute atomic E-state index is 0.106. The molecule has 0 aromatic carbocycles. The molecule has 0 saturated carbocycles. The largest absolute Gasteiger partial charge is 0.480 e. The maximum absolute atomic E-state index is 11.9. The first kappa shape index (κ1) is 17.2. The van der Waals surface area contributed by atoms with E-state index in [0.29, 0.717) is 0 Å². The normalized spacial score (nSPS) is 11.8. The summed E-state index contributed by atoms with van der Waals surface area (Å²) in [5.41, 5.74) is 0. The summed E-state index contributed by atoms with van der Waals surface area (Å²) in [7, 11) is 1.20. The van der Waals surface area contributed by atoms with Crippen LogP contribution in [0.25, 0.3) is 0 Å². The molecular weight excluding hydrogens is 256 g/mol. The molecule has 0 aliphatic rings. The van der Waals surface area contributed by atoms with Crippen molar-refractivity contribution in [2.45, 2.75) is 32.4 Å². The smallest absolute Gasteiger partial charge is 0.326 e. The molecule has 0 bridgehead atoms. The van der Waals surface area contributed by atoms with Crippen LogP contribution in [0, 0.1) is 0 Å². The minimum Gasteiger partial charge on any atom is -0.480 e. The summed E-state index contributed by atoms with van der Waals surface area (Å²) in [6, 6.07) is -2.19. The number of carbonyl (C=O) groups is 3. The Hall–Kier alpha value is -1.83. The summed E-state index contributed by atoms with van der Waals surface area (Å²) in [6.45, 7) is 2.73. The molecule has 1 atom stereocenters. The monoisotopic (exact) mass is 276 g/mol. The molecule has 0 fully saturated rings. The molecule has 0 spiro atoms. The lowest BCUT2D eigenvalue weighted by Gasteiger charge is -2.27. The van der Waals surface area contributed by atoms with E-state index in [1.54, 1.807) is 13.8 Å². The highest BCUT2D eigenvalue weighted by Crippen LogP contribution is 2.02. The molecule has 8 heteroatoms. The Kier molecular flexibility index (Phi) is 7.50. The van der Waals surface area contributed by atoms with Gasteiger partial charge in [-0.2, -0.15) is 0 Å². The highest BCUT2D eigenvalue weighted by molar-refractivity contribution is 5.85. The van der Waals surface area contributed by atoms with E-state index in [1.165, 1.54) is 7.11 Å². The van der Waals surface area contributed by atoms with Crippen molar-refractivity contribution >= 4 is 18.0 Å². The van der Waals surface area contributed by atoms with Gasteiger partial charge in [0.1, 0.15) is 12.6 Å². The number of aliphatic carboxylic acids is 1. The summed E-state index contributed by atoms with van der Waals surface area (Å²) in [5, 5.41) is 19.8. The Labute approximate surface area is 111 Å². The van der Waals surface area contributed by atoms with E-state index >= 15 is 0 Å². The molecule has 0 aromatic rings. The number of hydrogen-bond acceptors (Lipinski definition) is 5. The standard InChI is InChI=1S/C11H20N2O6/c1-7(2)13(6-9(15)19-3)11(18)12-8(4-5-14)10(16)17/h7-8,14H,4-6H2,1-3H3,(H,12,18)(H,16,17)/t8-/m1/s1. The lowest BCUT2D eigenvalue weighted by molar-refractivity contribution is -0.141. The maximum Gasteiger partial charge on any atom is 0.326 e. The van der Waals surface area contributed by atoms with Crippen LogP contribution in [0.1, 0.15) is 20.3 Å². The SMILES string of the molecule is COC(=O)CN(C(=O)N[C@H](CCO)C(=O)O)C(C)C. The summed E-state index contributed by atoms with van der Waals surface area (Å²) in [4.78, 5) is 35.1. The highest BCUT2D eigenvalue weighted by atomic mass is 16.5. The van der Waals surface area contributed by atoms with Gasteiger partial charge in [-0.15, -0.1) is 0 Å². The third kappa shape index (κ3) is 6.05. The van der Waals surface area contributed by atoms with Crippen LogP contribution in [0.2, 0.25) is 0 Å². The van der Waals surface area contributed by atoms with Gasteiger partial charge in [-0.25, -0.2) is 9.59 Å². The Morgan fingerprint density at radius 2 is 1.89 bits per heavy atom. The number of rotatable bonds is 7. The molecular formula is C11H20N2O6. The van der Waals surface area contributed by atoms with Crippen molar-refractivity contribution in [3.63, 3.8) is 0 Å². The number of hydrogen-bond donors (Lipinski definition) is 3. The van der Waals surface area contributed by atoms with Gasteiger partial charge in [0.05, 0.1) is 7.11 Å². The van der Waals surface area contributed by atoms with Gasteiger partial charge in [-0.05, 0) is 13.8 Å². The van der Waals surface area contributed by atoms with Crippen molar-refractivity contribution in [2.24, 2.45) is 0 Å². The van der Waals surface area contributed by atoms with Gasteiger partial charge < -0.3 is 25.2 Å². The Balaban J connectivity index is 4.71. The predicted octanol–water partition coefficient (Wildman–Crippen LogP) is -0.585. The number of carboxylic acids is 1. The number of nitrogens with one attached hydrogen (secondary N) is 1. The first-order valence-corrected chi connectivity index (χ1v) is 5.81. The van der Waals surface area contributed by atoms with E-state index in [9.17, 15) is 14.4 Å². The second-order valence-corrected chi connectivity index (χ2v) is 4.15. The van der Waals surface area contributed by atoms with Gasteiger partial charge in [0.25, 0.3) is 0 Å². The van der Waals surface area contributed by atoms with E-state index in [1.807, 2.05) is 0 Å². The molecule has 0 rings (SSSR count). The van der Waals surface area contributed by atoms with Crippen molar-refractivity contribution < 1.29 is 29.3 Å². The van der Waals surface area contributed by atoms with E-state index < -0.39 is 24.0 Å². The van der Waals surface area contributed by atoms with Crippen molar-refractivity contribution in [3.05, 3.63) is 0 Å². The van der Waals surface area contributed by atoms with E-state index in [-0.39, 0.29) is 25.6 Å². The highest BCUT2D eigenvalue weighted by Gasteiger charge is 2.25. The third-order valence-corrected chi connectivity index (χ3v) is 2.42. The number of aliphatic hydroxyl groups excluding tert-OH is 1. The number of urea groups is 1. The van der Waals surface area contributed by atoms with Crippen LogP contribution in [0.5, 0.6) is 0 Å². The van der Waals surface area contributed by atoms with Crippen LogP contribution >= 0.6 is 0 Å². The number of methoxy groups -OCH3 is 1. The van der Waals surface area contributed by atoms with Gasteiger partial charge in [-0.1, -0.05) is 0 Å². The second-order valence-electron chi connectivity index (χ2n) is 4.15. The fourth-order valence-corrected chi connectivity index (χ4v) is 1.31. The summed E-state index contributed by atoms with van der Waals surface area (Å²) < 4.78 is 4.46. The third-order valence-electron chi connectivity index (χ3n) is 2.42. The number of carboxylic acid groups (broad SMARTS) is 1. The van der Waals surface area contributed by atoms with Gasteiger partial charge in [-0.3, -0.25) is 4.79 Å².